The Morgan fingerprint density at radius 2 is 1.81 bits per heavy atom. The van der Waals surface area contributed by atoms with Crippen LogP contribution in [0.25, 0.3) is 5.57 Å². The second kappa shape index (κ2) is 7.31. The van der Waals surface area contributed by atoms with Gasteiger partial charge in [-0.15, -0.1) is 0 Å². The molecular formula is C20H26N2O5. The lowest BCUT2D eigenvalue weighted by Gasteiger charge is -2.31. The first-order valence-corrected chi connectivity index (χ1v) is 9.27. The smallest absolute Gasteiger partial charge is 0.410 e. The van der Waals surface area contributed by atoms with Crippen molar-refractivity contribution in [3.05, 3.63) is 45.5 Å². The molecule has 1 saturated heterocycles. The molecule has 0 radical (unpaired) electrons. The lowest BCUT2D eigenvalue weighted by molar-refractivity contribution is -0.384. The number of non-ortho nitro benzene ring substituents is 1. The van der Waals surface area contributed by atoms with Crippen molar-refractivity contribution >= 4 is 17.4 Å². The summed E-state index contributed by atoms with van der Waals surface area (Å²) in [5, 5.41) is 20.8. The van der Waals surface area contributed by atoms with Crippen molar-refractivity contribution in [2.45, 2.75) is 64.1 Å². The Hall–Kier alpha value is -2.41. The lowest BCUT2D eigenvalue weighted by atomic mass is 9.89. The van der Waals surface area contributed by atoms with Crippen LogP contribution in [0.2, 0.25) is 0 Å². The third-order valence-corrected chi connectivity index (χ3v) is 5.19. The predicted molar refractivity (Wildman–Crippen MR) is 101 cm³/mol. The molecule has 2 aliphatic heterocycles. The van der Waals surface area contributed by atoms with Crippen LogP contribution in [-0.4, -0.2) is 45.3 Å². The molecule has 0 saturated carbocycles. The van der Waals surface area contributed by atoms with E-state index in [4.69, 9.17) is 4.74 Å². The van der Waals surface area contributed by atoms with Crippen molar-refractivity contribution in [1.82, 2.24) is 4.90 Å². The molecule has 2 unspecified atom stereocenters. The number of carbonyl (C=O) groups excluding carboxylic acids is 1. The molecule has 0 spiro atoms. The predicted octanol–water partition coefficient (Wildman–Crippen LogP) is 3.90. The van der Waals surface area contributed by atoms with E-state index in [-0.39, 0.29) is 30.5 Å². The van der Waals surface area contributed by atoms with Gasteiger partial charge >= 0.3 is 6.09 Å². The number of amides is 1. The summed E-state index contributed by atoms with van der Waals surface area (Å²) >= 11 is 0. The van der Waals surface area contributed by atoms with Gasteiger partial charge in [-0.1, -0.05) is 0 Å². The lowest BCUT2D eigenvalue weighted by Crippen LogP contribution is -2.43. The molecule has 1 amide bonds. The Bertz CT molecular complexity index is 764. The summed E-state index contributed by atoms with van der Waals surface area (Å²) in [6, 6.07) is 6.43. The number of nitrogens with zero attached hydrogens (tertiary/aromatic N) is 2. The minimum absolute atomic E-state index is 0.0130. The SMILES string of the molecule is CC(C)(C)OC(=O)N1C2CCC1CC(c1ccc([N+](=O)[O-])cc1)=C(CO)C2. The van der Waals surface area contributed by atoms with Crippen molar-refractivity contribution in [3.8, 4) is 0 Å². The maximum atomic E-state index is 12.7. The molecule has 1 fully saturated rings. The Balaban J connectivity index is 1.89. The van der Waals surface area contributed by atoms with Crippen molar-refractivity contribution in [2.24, 2.45) is 0 Å². The normalized spacial score (nSPS) is 22.6. The summed E-state index contributed by atoms with van der Waals surface area (Å²) in [5.41, 5.74) is 2.21. The van der Waals surface area contributed by atoms with E-state index >= 15 is 0 Å². The van der Waals surface area contributed by atoms with Gasteiger partial charge in [0.15, 0.2) is 0 Å². The van der Waals surface area contributed by atoms with E-state index in [1.165, 1.54) is 12.1 Å². The van der Waals surface area contributed by atoms with Gasteiger partial charge < -0.3 is 14.7 Å². The van der Waals surface area contributed by atoms with Gasteiger partial charge in [-0.25, -0.2) is 4.79 Å². The molecule has 3 rings (SSSR count). The quantitative estimate of drug-likeness (QED) is 0.640. The highest BCUT2D eigenvalue weighted by Crippen LogP contribution is 2.41. The number of fused-ring (bicyclic) bond motifs is 2. The number of rotatable bonds is 3. The average Bonchev–Trinajstić information content (AvgIpc) is 2.89. The van der Waals surface area contributed by atoms with Crippen LogP contribution in [0.4, 0.5) is 10.5 Å². The first-order chi connectivity index (χ1) is 12.7. The third-order valence-electron chi connectivity index (χ3n) is 5.19. The number of nitro benzene ring substituents is 1. The summed E-state index contributed by atoms with van der Waals surface area (Å²) in [4.78, 5) is 25.0. The summed E-state index contributed by atoms with van der Waals surface area (Å²) < 4.78 is 5.60. The van der Waals surface area contributed by atoms with Crippen LogP contribution < -0.4 is 0 Å². The molecule has 1 aromatic carbocycles. The molecule has 1 N–H and O–H groups in total. The average molecular weight is 374 g/mol. The summed E-state index contributed by atoms with van der Waals surface area (Å²) in [6.07, 6.45) is 2.68. The molecule has 2 heterocycles. The van der Waals surface area contributed by atoms with E-state index in [1.807, 2.05) is 25.7 Å². The van der Waals surface area contributed by atoms with E-state index in [1.54, 1.807) is 12.1 Å². The summed E-state index contributed by atoms with van der Waals surface area (Å²) in [6.45, 7) is 5.47. The van der Waals surface area contributed by atoms with Gasteiger partial charge in [0.25, 0.3) is 5.69 Å². The van der Waals surface area contributed by atoms with E-state index in [2.05, 4.69) is 0 Å². The Morgan fingerprint density at radius 3 is 2.33 bits per heavy atom. The van der Waals surface area contributed by atoms with Gasteiger partial charge in [-0.3, -0.25) is 10.1 Å². The molecule has 2 aliphatic rings. The third kappa shape index (κ3) is 4.13. The zero-order valence-corrected chi connectivity index (χ0v) is 16.0. The van der Waals surface area contributed by atoms with Gasteiger partial charge in [0.1, 0.15) is 5.60 Å². The topological polar surface area (TPSA) is 92.9 Å². The van der Waals surface area contributed by atoms with Crippen LogP contribution in [0.15, 0.2) is 29.8 Å². The fraction of sp³-hybridized carbons (Fsp3) is 0.550. The van der Waals surface area contributed by atoms with Crippen LogP contribution in [0.1, 0.15) is 52.0 Å². The minimum Gasteiger partial charge on any atom is -0.444 e. The molecular weight excluding hydrogens is 348 g/mol. The molecule has 7 nitrogen and oxygen atoms in total. The van der Waals surface area contributed by atoms with Crippen LogP contribution >= 0.6 is 0 Å². The molecule has 7 heteroatoms. The second-order valence-electron chi connectivity index (χ2n) is 8.23. The number of ether oxygens (including phenoxy) is 1. The van der Waals surface area contributed by atoms with E-state index in [0.717, 1.165) is 29.6 Å². The first kappa shape index (κ1) is 19.4. The number of aliphatic hydroxyl groups excluding tert-OH is 1. The molecule has 2 bridgehead atoms. The molecule has 0 aliphatic carbocycles. The van der Waals surface area contributed by atoms with Crippen LogP contribution in [-0.2, 0) is 4.74 Å². The Morgan fingerprint density at radius 1 is 1.22 bits per heavy atom. The highest BCUT2D eigenvalue weighted by molar-refractivity contribution is 5.74. The number of hydrogen-bond donors (Lipinski definition) is 1. The van der Waals surface area contributed by atoms with Crippen LogP contribution in [0, 0.1) is 10.1 Å². The van der Waals surface area contributed by atoms with E-state index in [9.17, 15) is 20.0 Å². The molecule has 27 heavy (non-hydrogen) atoms. The maximum absolute atomic E-state index is 12.7. The second-order valence-corrected chi connectivity index (χ2v) is 8.23. The van der Waals surface area contributed by atoms with Gasteiger partial charge in [0.2, 0.25) is 0 Å². The first-order valence-electron chi connectivity index (χ1n) is 9.27. The zero-order valence-electron chi connectivity index (χ0n) is 16.0. The van der Waals surface area contributed by atoms with Gasteiger partial charge in [0, 0.05) is 24.2 Å². The molecule has 146 valence electrons. The number of carbonyl (C=O) groups is 1. The number of aliphatic hydroxyl groups is 1. The van der Waals surface area contributed by atoms with Crippen LogP contribution in [0.3, 0.4) is 0 Å². The van der Waals surface area contributed by atoms with E-state index < -0.39 is 10.5 Å². The molecule has 2 atom stereocenters. The van der Waals surface area contributed by atoms with E-state index in [0.29, 0.717) is 12.8 Å². The Kier molecular flexibility index (Phi) is 5.24. The Labute approximate surface area is 158 Å². The zero-order chi connectivity index (χ0) is 19.8. The standard InChI is InChI=1S/C20H26N2O5/c1-20(2,3)27-19(24)21-16-8-9-17(21)11-18(14(10-16)12-23)13-4-6-15(7-5-13)22(25)26/h4-7,16-17,23H,8-12H2,1-3H3. The molecule has 0 aromatic heterocycles. The summed E-state index contributed by atoms with van der Waals surface area (Å²) in [5.74, 6) is 0. The minimum atomic E-state index is -0.558. The molecule has 1 aromatic rings. The highest BCUT2D eigenvalue weighted by atomic mass is 16.6. The number of benzene rings is 1. The van der Waals surface area contributed by atoms with Crippen molar-refractivity contribution in [1.29, 1.82) is 0 Å². The van der Waals surface area contributed by atoms with Gasteiger partial charge in [-0.05, 0) is 75.3 Å². The van der Waals surface area contributed by atoms with Gasteiger partial charge in [0.05, 0.1) is 11.5 Å². The van der Waals surface area contributed by atoms with Crippen molar-refractivity contribution in [3.63, 3.8) is 0 Å². The summed E-state index contributed by atoms with van der Waals surface area (Å²) in [7, 11) is 0. The van der Waals surface area contributed by atoms with Crippen LogP contribution in [0.5, 0.6) is 0 Å². The van der Waals surface area contributed by atoms with Gasteiger partial charge in [-0.2, -0.15) is 0 Å². The fourth-order valence-corrected chi connectivity index (χ4v) is 4.03. The number of hydrogen-bond acceptors (Lipinski definition) is 5. The van der Waals surface area contributed by atoms with Crippen molar-refractivity contribution < 1.29 is 19.6 Å². The largest absolute Gasteiger partial charge is 0.444 e. The highest BCUT2D eigenvalue weighted by Gasteiger charge is 2.42. The van der Waals surface area contributed by atoms with Crippen molar-refractivity contribution in [2.75, 3.05) is 6.61 Å². The maximum Gasteiger partial charge on any atom is 0.410 e. The fourth-order valence-electron chi connectivity index (χ4n) is 4.03. The monoisotopic (exact) mass is 374 g/mol. The number of nitro groups is 1.